The van der Waals surface area contributed by atoms with Gasteiger partial charge in [0.25, 0.3) is 0 Å². The number of nitrogens with zero attached hydrogens (tertiary/aromatic N) is 1. The summed E-state index contributed by atoms with van der Waals surface area (Å²) in [7, 11) is 0. The van der Waals surface area contributed by atoms with Crippen LogP contribution < -0.4 is 4.48 Å². The van der Waals surface area contributed by atoms with E-state index >= 15 is 0 Å². The number of hydrogen-bond donors (Lipinski definition) is 1. The molecule has 160 valence electrons. The zero-order valence-electron chi connectivity index (χ0n) is 18.7. The summed E-state index contributed by atoms with van der Waals surface area (Å²) in [6.45, 7) is 9.96. The molecule has 1 N–H and O–H groups in total. The summed E-state index contributed by atoms with van der Waals surface area (Å²) in [6, 6.07) is 7.78. The Kier molecular flexibility index (Phi) is 12.9. The van der Waals surface area contributed by atoms with Crippen LogP contribution in [-0.4, -0.2) is 30.7 Å². The number of carboxylic acids is 1. The Morgan fingerprint density at radius 1 is 0.714 bits per heavy atom. The number of aromatic carboxylic acids is 1. The molecule has 0 saturated heterocycles. The molecule has 3 heteroatoms. The van der Waals surface area contributed by atoms with Crippen LogP contribution in [0.1, 0.15) is 108 Å². The second-order valence-corrected chi connectivity index (χ2v) is 8.32. The topological polar surface area (TPSA) is 37.3 Å². The fraction of sp³-hybridized carbons (Fsp3) is 0.720. The summed E-state index contributed by atoms with van der Waals surface area (Å²) in [5.74, 6) is -0.784. The molecule has 0 bridgehead atoms. The second kappa shape index (κ2) is 14.6. The Morgan fingerprint density at radius 2 is 1.14 bits per heavy atom. The van der Waals surface area contributed by atoms with Crippen molar-refractivity contribution in [1.29, 1.82) is 0 Å². The first kappa shape index (κ1) is 24.7. The third-order valence-corrected chi connectivity index (χ3v) is 5.96. The molecule has 28 heavy (non-hydrogen) atoms. The number of rotatable bonds is 17. The quantitative estimate of drug-likeness (QED) is 0.222. The summed E-state index contributed by atoms with van der Waals surface area (Å²) in [5.41, 5.74) is 1.54. The Labute approximate surface area is 173 Å². The molecule has 3 nitrogen and oxygen atoms in total. The van der Waals surface area contributed by atoms with Crippen LogP contribution in [0.4, 0.5) is 5.69 Å². The molecule has 0 aliphatic rings. The molecule has 1 aromatic carbocycles. The minimum absolute atomic E-state index is 0.504. The van der Waals surface area contributed by atoms with Crippen molar-refractivity contribution >= 4 is 11.7 Å². The van der Waals surface area contributed by atoms with Crippen LogP contribution >= 0.6 is 0 Å². The molecule has 0 spiro atoms. The zero-order chi connectivity index (χ0) is 20.7. The van der Waals surface area contributed by atoms with Gasteiger partial charge >= 0.3 is 5.97 Å². The average Bonchev–Trinajstić information content (AvgIpc) is 2.71. The Bertz CT molecular complexity index is 510. The summed E-state index contributed by atoms with van der Waals surface area (Å²) in [6.07, 6.45) is 14.8. The predicted molar refractivity (Wildman–Crippen MR) is 122 cm³/mol. The Hall–Kier alpha value is -1.35. The van der Waals surface area contributed by atoms with Gasteiger partial charge in [-0.2, -0.15) is 0 Å². The normalized spacial score (nSPS) is 11.7. The molecule has 0 aliphatic heterocycles. The van der Waals surface area contributed by atoms with E-state index in [4.69, 9.17) is 0 Å². The van der Waals surface area contributed by atoms with Crippen LogP contribution in [0.25, 0.3) is 0 Å². The van der Waals surface area contributed by atoms with Gasteiger partial charge in [0.2, 0.25) is 0 Å². The van der Waals surface area contributed by atoms with Gasteiger partial charge in [0.15, 0.2) is 0 Å². The van der Waals surface area contributed by atoms with Crippen molar-refractivity contribution in [1.82, 2.24) is 4.48 Å². The average molecular weight is 391 g/mol. The maximum Gasteiger partial charge on any atom is 0.341 e. The van der Waals surface area contributed by atoms with Gasteiger partial charge in [-0.3, -0.25) is 4.48 Å². The first-order valence-corrected chi connectivity index (χ1v) is 11.8. The van der Waals surface area contributed by atoms with Gasteiger partial charge in [-0.1, -0.05) is 71.4 Å². The van der Waals surface area contributed by atoms with E-state index < -0.39 is 5.97 Å². The van der Waals surface area contributed by atoms with Crippen molar-refractivity contribution in [2.24, 2.45) is 0 Å². The highest BCUT2D eigenvalue weighted by Gasteiger charge is 2.33. The lowest BCUT2D eigenvalue weighted by atomic mass is 10.0. The van der Waals surface area contributed by atoms with E-state index in [-0.39, 0.29) is 0 Å². The molecule has 0 atom stereocenters. The zero-order valence-corrected chi connectivity index (χ0v) is 18.7. The summed E-state index contributed by atoms with van der Waals surface area (Å²) >= 11 is 0. The fourth-order valence-corrected chi connectivity index (χ4v) is 4.29. The minimum atomic E-state index is -0.784. The number of carboxylic acid groups (broad SMARTS) is 1. The number of para-hydroxylation sites is 1. The lowest BCUT2D eigenvalue weighted by Gasteiger charge is -2.39. The van der Waals surface area contributed by atoms with E-state index in [1.165, 1.54) is 77.0 Å². The van der Waals surface area contributed by atoms with Gasteiger partial charge in [0.05, 0.1) is 19.6 Å². The van der Waals surface area contributed by atoms with Crippen LogP contribution in [0.5, 0.6) is 0 Å². The number of carbonyl (C=O) groups is 1. The van der Waals surface area contributed by atoms with Crippen LogP contribution in [0.2, 0.25) is 0 Å². The fourth-order valence-electron chi connectivity index (χ4n) is 4.29. The minimum Gasteiger partial charge on any atom is -0.477 e. The van der Waals surface area contributed by atoms with Gasteiger partial charge in [-0.05, 0) is 44.6 Å². The standard InChI is InChI=1S/C25H43NO2/c1-4-7-10-15-20-26(21-16-11-8-5-2,22-17-12-9-6-3)24-19-14-13-18-23(24)25(27)28/h13-14,18-19H,4-12,15-17,20-22H2,1-3H3/p+1. The van der Waals surface area contributed by atoms with E-state index in [1.54, 1.807) is 6.07 Å². The highest BCUT2D eigenvalue weighted by Crippen LogP contribution is 2.31. The van der Waals surface area contributed by atoms with E-state index in [9.17, 15) is 9.90 Å². The van der Waals surface area contributed by atoms with Crippen molar-refractivity contribution in [2.45, 2.75) is 97.8 Å². The number of benzene rings is 1. The molecule has 0 fully saturated rings. The van der Waals surface area contributed by atoms with E-state index in [1.807, 2.05) is 12.1 Å². The molecule has 0 amide bonds. The third kappa shape index (κ3) is 8.34. The largest absolute Gasteiger partial charge is 0.477 e. The molecule has 1 aromatic rings. The van der Waals surface area contributed by atoms with Crippen LogP contribution in [0.3, 0.4) is 0 Å². The van der Waals surface area contributed by atoms with Gasteiger partial charge in [0, 0.05) is 6.07 Å². The van der Waals surface area contributed by atoms with Crippen molar-refractivity contribution in [3.63, 3.8) is 0 Å². The van der Waals surface area contributed by atoms with Gasteiger partial charge < -0.3 is 5.11 Å². The first-order chi connectivity index (χ1) is 13.6. The van der Waals surface area contributed by atoms with Gasteiger partial charge in [0.1, 0.15) is 11.3 Å². The summed E-state index contributed by atoms with van der Waals surface area (Å²) < 4.78 is 0.861. The molecule has 1 rings (SSSR count). The number of unbranched alkanes of at least 4 members (excludes halogenated alkanes) is 9. The van der Waals surface area contributed by atoms with E-state index in [0.717, 1.165) is 29.8 Å². The van der Waals surface area contributed by atoms with E-state index in [0.29, 0.717) is 5.56 Å². The Balaban J connectivity index is 3.13. The van der Waals surface area contributed by atoms with Gasteiger partial charge in [-0.15, -0.1) is 0 Å². The van der Waals surface area contributed by atoms with Gasteiger partial charge in [-0.25, -0.2) is 4.79 Å². The van der Waals surface area contributed by atoms with Crippen LogP contribution in [-0.2, 0) is 0 Å². The number of quaternary nitrogens is 1. The lowest BCUT2D eigenvalue weighted by Crippen LogP contribution is -2.52. The van der Waals surface area contributed by atoms with E-state index in [2.05, 4.69) is 26.8 Å². The lowest BCUT2D eigenvalue weighted by molar-refractivity contribution is 0.0693. The smallest absolute Gasteiger partial charge is 0.341 e. The molecule has 0 unspecified atom stereocenters. The Morgan fingerprint density at radius 3 is 1.54 bits per heavy atom. The highest BCUT2D eigenvalue weighted by molar-refractivity contribution is 5.93. The molecular formula is C25H44NO2+. The molecule has 0 heterocycles. The third-order valence-electron chi connectivity index (χ3n) is 5.96. The van der Waals surface area contributed by atoms with Crippen LogP contribution in [0.15, 0.2) is 24.3 Å². The van der Waals surface area contributed by atoms with Crippen molar-refractivity contribution in [3.8, 4) is 0 Å². The first-order valence-electron chi connectivity index (χ1n) is 11.8. The maximum absolute atomic E-state index is 12.0. The molecule has 0 aliphatic carbocycles. The number of hydrogen-bond acceptors (Lipinski definition) is 1. The maximum atomic E-state index is 12.0. The monoisotopic (exact) mass is 390 g/mol. The predicted octanol–water partition coefficient (Wildman–Crippen LogP) is 7.43. The summed E-state index contributed by atoms with van der Waals surface area (Å²) in [5, 5.41) is 9.85. The SMILES string of the molecule is CCCCCC[N+](CCCCCC)(CCCCCC)c1ccccc1C(=O)O. The highest BCUT2D eigenvalue weighted by atomic mass is 16.4. The second-order valence-electron chi connectivity index (χ2n) is 8.32. The van der Waals surface area contributed by atoms with Crippen LogP contribution in [0, 0.1) is 0 Å². The van der Waals surface area contributed by atoms with Crippen molar-refractivity contribution in [2.75, 3.05) is 19.6 Å². The van der Waals surface area contributed by atoms with Crippen molar-refractivity contribution in [3.05, 3.63) is 29.8 Å². The summed E-state index contributed by atoms with van der Waals surface area (Å²) in [4.78, 5) is 12.0. The molecular weight excluding hydrogens is 346 g/mol. The van der Waals surface area contributed by atoms with Crippen molar-refractivity contribution < 1.29 is 9.90 Å². The molecule has 0 radical (unpaired) electrons. The molecule has 0 saturated carbocycles. The molecule has 0 aromatic heterocycles.